The predicted octanol–water partition coefficient (Wildman–Crippen LogP) is 4.51. The molecule has 10 heteroatoms. The zero-order valence-corrected chi connectivity index (χ0v) is 19.1. The van der Waals surface area contributed by atoms with Gasteiger partial charge in [0.05, 0.1) is 6.20 Å². The van der Waals surface area contributed by atoms with Crippen LogP contribution in [0.2, 0.25) is 0 Å². The molecule has 1 heterocycles. The third-order valence-electron chi connectivity index (χ3n) is 5.97. The number of aromatic nitrogens is 1. The van der Waals surface area contributed by atoms with E-state index in [0.29, 0.717) is 54.4 Å². The van der Waals surface area contributed by atoms with E-state index in [4.69, 9.17) is 9.84 Å². The minimum absolute atomic E-state index is 0.0361. The number of carbonyl (C=O) groups is 3. The van der Waals surface area contributed by atoms with Crippen LogP contribution in [0, 0.1) is 5.82 Å². The number of ether oxygens (including phenoxy) is 1. The molecule has 0 unspecified atom stereocenters. The third-order valence-corrected chi connectivity index (χ3v) is 5.97. The fraction of sp³-hybridized carbons (Fsp3) is 0.231. The van der Waals surface area contributed by atoms with Crippen molar-refractivity contribution in [2.75, 3.05) is 0 Å². The molecule has 3 aromatic rings. The van der Waals surface area contributed by atoms with Crippen LogP contribution < -0.4 is 15.4 Å². The average molecular weight is 493 g/mol. The van der Waals surface area contributed by atoms with E-state index in [0.717, 1.165) is 12.3 Å². The lowest BCUT2D eigenvalue weighted by Crippen LogP contribution is -2.43. The van der Waals surface area contributed by atoms with E-state index >= 15 is 0 Å². The van der Waals surface area contributed by atoms with Gasteiger partial charge in [0.1, 0.15) is 22.9 Å². The van der Waals surface area contributed by atoms with Crippen LogP contribution in [0.15, 0.2) is 54.7 Å². The van der Waals surface area contributed by atoms with Crippen LogP contribution in [0.1, 0.15) is 46.4 Å². The van der Waals surface area contributed by atoms with Crippen molar-refractivity contribution in [3.63, 3.8) is 0 Å². The van der Waals surface area contributed by atoms with Crippen LogP contribution in [-0.2, 0) is 0 Å². The zero-order valence-electron chi connectivity index (χ0n) is 19.1. The van der Waals surface area contributed by atoms with Crippen molar-refractivity contribution in [3.05, 3.63) is 71.7 Å². The number of phenols is 1. The van der Waals surface area contributed by atoms with Crippen LogP contribution in [0.25, 0.3) is 11.1 Å². The van der Waals surface area contributed by atoms with Crippen molar-refractivity contribution in [3.8, 4) is 28.5 Å². The molecule has 1 aliphatic carbocycles. The number of nitrogens with zero attached hydrogens (tertiary/aromatic N) is 1. The molecule has 4 rings (SSSR count). The van der Waals surface area contributed by atoms with Gasteiger partial charge in [0.2, 0.25) is 5.88 Å². The number of halogens is 1. The van der Waals surface area contributed by atoms with Gasteiger partial charge in [0.25, 0.3) is 5.91 Å². The summed E-state index contributed by atoms with van der Waals surface area (Å²) >= 11 is 0. The van der Waals surface area contributed by atoms with Crippen molar-refractivity contribution in [1.29, 1.82) is 0 Å². The van der Waals surface area contributed by atoms with Gasteiger partial charge in [-0.25, -0.2) is 14.2 Å². The second-order valence-electron chi connectivity index (χ2n) is 8.50. The summed E-state index contributed by atoms with van der Waals surface area (Å²) in [5, 5.41) is 23.8. The fourth-order valence-electron chi connectivity index (χ4n) is 4.24. The van der Waals surface area contributed by atoms with Gasteiger partial charge in [-0.3, -0.25) is 9.59 Å². The molecule has 0 saturated heterocycles. The largest absolute Gasteiger partial charge is 0.508 e. The number of nitrogens with one attached hydrogen (secondary N) is 2. The van der Waals surface area contributed by atoms with Gasteiger partial charge in [-0.05, 0) is 73.2 Å². The average Bonchev–Trinajstić information content (AvgIpc) is 2.86. The number of aldehydes is 1. The number of hydrogen-bond acceptors (Lipinski definition) is 6. The number of aromatic hydroxyl groups is 1. The van der Waals surface area contributed by atoms with Crippen molar-refractivity contribution in [2.24, 2.45) is 0 Å². The van der Waals surface area contributed by atoms with E-state index in [1.54, 1.807) is 30.3 Å². The number of carboxylic acid groups (broad SMARTS) is 1. The Hall–Kier alpha value is -4.47. The Morgan fingerprint density at radius 3 is 2.44 bits per heavy atom. The van der Waals surface area contributed by atoms with Crippen LogP contribution in [0.5, 0.6) is 17.4 Å². The van der Waals surface area contributed by atoms with Crippen LogP contribution in [0.3, 0.4) is 0 Å². The van der Waals surface area contributed by atoms with Gasteiger partial charge >= 0.3 is 6.09 Å². The predicted molar refractivity (Wildman–Crippen MR) is 128 cm³/mol. The van der Waals surface area contributed by atoms with Gasteiger partial charge in [-0.1, -0.05) is 12.1 Å². The van der Waals surface area contributed by atoms with Gasteiger partial charge in [-0.15, -0.1) is 0 Å². The van der Waals surface area contributed by atoms with Crippen molar-refractivity contribution >= 4 is 18.3 Å². The molecule has 0 aliphatic heterocycles. The summed E-state index contributed by atoms with van der Waals surface area (Å²) in [4.78, 5) is 39.2. The third kappa shape index (κ3) is 5.96. The first-order valence-electron chi connectivity index (χ1n) is 11.3. The molecule has 0 radical (unpaired) electrons. The van der Waals surface area contributed by atoms with Crippen LogP contribution in [0.4, 0.5) is 9.18 Å². The van der Waals surface area contributed by atoms with E-state index in [1.807, 2.05) is 0 Å². The SMILES string of the molecule is O=Cc1cc(O)ccc1-c1cccc(Oc2ncc(F)cc2C(=O)N[C@H]2CC[C@H](NC(=O)O)CC2)c1. The first-order valence-corrected chi connectivity index (χ1v) is 11.3. The number of benzene rings is 2. The smallest absolute Gasteiger partial charge is 0.404 e. The highest BCUT2D eigenvalue weighted by atomic mass is 19.1. The highest BCUT2D eigenvalue weighted by Crippen LogP contribution is 2.31. The van der Waals surface area contributed by atoms with Crippen LogP contribution >= 0.6 is 0 Å². The van der Waals surface area contributed by atoms with Gasteiger partial charge < -0.3 is 25.6 Å². The van der Waals surface area contributed by atoms with Crippen LogP contribution in [-0.4, -0.2) is 45.6 Å². The standard InChI is InChI=1S/C26H24FN3O6/c27-17-12-23(24(33)29-18-4-6-19(7-5-18)30-26(34)35)25(28-13-17)36-21-3-1-2-15(11-21)22-9-8-20(32)10-16(22)14-31/h1-3,8-14,18-19,30,32H,4-7H2,(H,29,33)(H,34,35)/t18-,19-. The highest BCUT2D eigenvalue weighted by Gasteiger charge is 2.25. The first-order chi connectivity index (χ1) is 17.3. The molecule has 0 spiro atoms. The number of hydrogen-bond donors (Lipinski definition) is 4. The Morgan fingerprint density at radius 1 is 1.03 bits per heavy atom. The molecule has 36 heavy (non-hydrogen) atoms. The summed E-state index contributed by atoms with van der Waals surface area (Å²) < 4.78 is 19.8. The summed E-state index contributed by atoms with van der Waals surface area (Å²) in [5.74, 6) is -1.06. The Kier molecular flexibility index (Phi) is 7.43. The van der Waals surface area contributed by atoms with Crippen molar-refractivity contribution in [2.45, 2.75) is 37.8 Å². The Bertz CT molecular complexity index is 1290. The fourth-order valence-corrected chi connectivity index (χ4v) is 4.24. The normalized spacial score (nSPS) is 17.1. The summed E-state index contributed by atoms with van der Waals surface area (Å²) in [6, 6.07) is 11.8. The second kappa shape index (κ2) is 10.9. The zero-order chi connectivity index (χ0) is 25.7. The van der Waals surface area contributed by atoms with E-state index in [9.17, 15) is 23.9 Å². The molecule has 1 saturated carbocycles. The lowest BCUT2D eigenvalue weighted by molar-refractivity contribution is 0.0919. The Balaban J connectivity index is 1.51. The lowest BCUT2D eigenvalue weighted by Gasteiger charge is -2.29. The van der Waals surface area contributed by atoms with E-state index < -0.39 is 17.8 Å². The molecule has 2 amide bonds. The molecule has 4 N–H and O–H groups in total. The minimum Gasteiger partial charge on any atom is -0.508 e. The monoisotopic (exact) mass is 493 g/mol. The molecule has 2 aromatic carbocycles. The highest BCUT2D eigenvalue weighted by molar-refractivity contribution is 5.96. The van der Waals surface area contributed by atoms with Crippen molar-refractivity contribution < 1.29 is 33.7 Å². The number of rotatable bonds is 7. The van der Waals surface area contributed by atoms with E-state index in [2.05, 4.69) is 15.6 Å². The maximum absolute atomic E-state index is 14.0. The molecule has 0 bridgehead atoms. The topological polar surface area (TPSA) is 138 Å². The quantitative estimate of drug-likeness (QED) is 0.355. The maximum atomic E-state index is 14.0. The van der Waals surface area contributed by atoms with Gasteiger partial charge in [0.15, 0.2) is 6.29 Å². The van der Waals surface area contributed by atoms with E-state index in [1.165, 1.54) is 12.1 Å². The molecular weight excluding hydrogens is 469 g/mol. The summed E-state index contributed by atoms with van der Waals surface area (Å²) in [5.41, 5.74) is 1.42. The molecular formula is C26H24FN3O6. The molecule has 0 atom stereocenters. The van der Waals surface area contributed by atoms with Gasteiger partial charge in [0, 0.05) is 17.6 Å². The lowest BCUT2D eigenvalue weighted by atomic mass is 9.91. The number of amides is 2. The molecule has 9 nitrogen and oxygen atoms in total. The van der Waals surface area contributed by atoms with Crippen molar-refractivity contribution in [1.82, 2.24) is 15.6 Å². The molecule has 1 aliphatic rings. The Morgan fingerprint density at radius 2 is 1.75 bits per heavy atom. The van der Waals surface area contributed by atoms with E-state index in [-0.39, 0.29) is 29.3 Å². The van der Waals surface area contributed by atoms with Gasteiger partial charge in [-0.2, -0.15) is 0 Å². The number of phenolic OH excluding ortho intramolecular Hbond substituents is 1. The summed E-state index contributed by atoms with van der Waals surface area (Å²) in [7, 11) is 0. The Labute approximate surface area is 205 Å². The molecule has 186 valence electrons. The first kappa shape index (κ1) is 24.6. The summed E-state index contributed by atoms with van der Waals surface area (Å²) in [6.07, 6.45) is 2.81. The minimum atomic E-state index is -1.08. The number of pyridine rings is 1. The molecule has 1 aromatic heterocycles. The maximum Gasteiger partial charge on any atom is 0.404 e. The summed E-state index contributed by atoms with van der Waals surface area (Å²) in [6.45, 7) is 0. The second-order valence-corrected chi connectivity index (χ2v) is 8.50. The number of carbonyl (C=O) groups excluding carboxylic acids is 2. The molecule has 1 fully saturated rings.